The van der Waals surface area contributed by atoms with Crippen molar-refractivity contribution in [1.82, 2.24) is 15.3 Å². The zero-order valence-electron chi connectivity index (χ0n) is 8.05. The Balaban J connectivity index is 2.85. The summed E-state index contributed by atoms with van der Waals surface area (Å²) in [6, 6.07) is 0. The Morgan fingerprint density at radius 1 is 1.62 bits per heavy atom. The molecule has 0 aliphatic heterocycles. The molecule has 0 unspecified atom stereocenters. The van der Waals surface area contributed by atoms with Gasteiger partial charge in [-0.15, -0.1) is 0 Å². The molecule has 0 aromatic carbocycles. The second-order valence-corrected chi connectivity index (χ2v) is 2.96. The van der Waals surface area contributed by atoms with Crippen LogP contribution in [0.3, 0.4) is 0 Å². The van der Waals surface area contributed by atoms with Gasteiger partial charge in [-0.05, 0) is 13.5 Å². The van der Waals surface area contributed by atoms with E-state index in [1.54, 1.807) is 13.2 Å². The van der Waals surface area contributed by atoms with E-state index in [1.807, 2.05) is 0 Å². The fourth-order valence-corrected chi connectivity index (χ4v) is 1.14. The van der Waals surface area contributed by atoms with Gasteiger partial charge in [0.05, 0.1) is 0 Å². The number of aromatic nitrogens is 2. The molecule has 1 heterocycles. The van der Waals surface area contributed by atoms with Crippen molar-refractivity contribution in [2.45, 2.75) is 26.3 Å². The Labute approximate surface area is 77.4 Å². The molecule has 0 bridgehead atoms. The first-order valence-corrected chi connectivity index (χ1v) is 4.49. The topological polar surface area (TPSA) is 57.8 Å². The van der Waals surface area contributed by atoms with Crippen molar-refractivity contribution >= 4 is 0 Å². The minimum absolute atomic E-state index is 0.0344. The van der Waals surface area contributed by atoms with Crippen LogP contribution in [0.2, 0.25) is 0 Å². The largest absolute Gasteiger partial charge is 0.315 e. The van der Waals surface area contributed by atoms with E-state index < -0.39 is 0 Å². The number of aryl methyl sites for hydroxylation is 1. The number of nitrogens with zero attached hydrogens (tertiary/aromatic N) is 1. The number of hydrogen-bond acceptors (Lipinski definition) is 3. The number of H-pyrrole nitrogens is 1. The van der Waals surface area contributed by atoms with Crippen molar-refractivity contribution < 1.29 is 0 Å². The van der Waals surface area contributed by atoms with E-state index in [-0.39, 0.29) is 5.56 Å². The lowest BCUT2D eigenvalue weighted by molar-refractivity contribution is 0.769. The van der Waals surface area contributed by atoms with Crippen LogP contribution < -0.4 is 10.9 Å². The molecule has 1 aromatic rings. The maximum atomic E-state index is 11.4. The van der Waals surface area contributed by atoms with Crippen LogP contribution in [-0.2, 0) is 13.0 Å². The van der Waals surface area contributed by atoms with Gasteiger partial charge in [-0.3, -0.25) is 4.79 Å². The lowest BCUT2D eigenvalue weighted by Gasteiger charge is -2.00. The molecule has 0 radical (unpaired) electrons. The summed E-state index contributed by atoms with van der Waals surface area (Å²) in [7, 11) is 1.80. The smallest absolute Gasteiger partial charge is 0.255 e. The van der Waals surface area contributed by atoms with Crippen molar-refractivity contribution in [3.8, 4) is 0 Å². The average Bonchev–Trinajstić information content (AvgIpc) is 2.10. The zero-order valence-corrected chi connectivity index (χ0v) is 8.05. The van der Waals surface area contributed by atoms with Crippen LogP contribution >= 0.6 is 0 Å². The van der Waals surface area contributed by atoms with Crippen molar-refractivity contribution in [3.63, 3.8) is 0 Å². The van der Waals surface area contributed by atoms with Crippen LogP contribution in [-0.4, -0.2) is 17.0 Å². The van der Waals surface area contributed by atoms with Crippen LogP contribution in [0.4, 0.5) is 0 Å². The van der Waals surface area contributed by atoms with Crippen molar-refractivity contribution in [2.75, 3.05) is 7.05 Å². The summed E-state index contributed by atoms with van der Waals surface area (Å²) in [5, 5.41) is 2.92. The lowest BCUT2D eigenvalue weighted by atomic mass is 10.3. The first kappa shape index (κ1) is 9.92. The highest BCUT2D eigenvalue weighted by atomic mass is 16.1. The Morgan fingerprint density at radius 3 is 2.92 bits per heavy atom. The van der Waals surface area contributed by atoms with Gasteiger partial charge in [0, 0.05) is 24.7 Å². The fourth-order valence-electron chi connectivity index (χ4n) is 1.14. The van der Waals surface area contributed by atoms with E-state index in [4.69, 9.17) is 0 Å². The Morgan fingerprint density at radius 2 is 2.38 bits per heavy atom. The molecule has 4 nitrogen and oxygen atoms in total. The first-order valence-electron chi connectivity index (χ1n) is 4.49. The predicted octanol–water partition coefficient (Wildman–Crippen LogP) is 0.442. The second-order valence-electron chi connectivity index (χ2n) is 2.96. The average molecular weight is 181 g/mol. The Kier molecular flexibility index (Phi) is 3.64. The van der Waals surface area contributed by atoms with Crippen LogP contribution in [0.25, 0.3) is 0 Å². The standard InChI is InChI=1S/C9H15N3O/c1-3-4-8-11-6-7(5-10-2)9(13)12-8/h6,10H,3-5H2,1-2H3,(H,11,12,13). The SMILES string of the molecule is CCCc1ncc(CNC)c(=O)[nH]1. The summed E-state index contributed by atoms with van der Waals surface area (Å²) in [6.45, 7) is 2.62. The molecule has 72 valence electrons. The quantitative estimate of drug-likeness (QED) is 0.708. The third-order valence-corrected chi connectivity index (χ3v) is 1.78. The summed E-state index contributed by atoms with van der Waals surface area (Å²) >= 11 is 0. The molecular weight excluding hydrogens is 166 g/mol. The van der Waals surface area contributed by atoms with Gasteiger partial charge in [-0.25, -0.2) is 4.98 Å². The molecular formula is C9H15N3O. The Bertz CT molecular complexity index is 319. The summed E-state index contributed by atoms with van der Waals surface area (Å²) in [6.07, 6.45) is 3.46. The minimum Gasteiger partial charge on any atom is -0.315 e. The number of hydrogen-bond donors (Lipinski definition) is 2. The van der Waals surface area contributed by atoms with E-state index in [2.05, 4.69) is 22.2 Å². The van der Waals surface area contributed by atoms with Gasteiger partial charge >= 0.3 is 0 Å². The highest BCUT2D eigenvalue weighted by molar-refractivity contribution is 5.05. The lowest BCUT2D eigenvalue weighted by Crippen LogP contribution is -2.20. The third kappa shape index (κ3) is 2.66. The molecule has 1 aromatic heterocycles. The van der Waals surface area contributed by atoms with Gasteiger partial charge in [0.2, 0.25) is 0 Å². The molecule has 0 atom stereocenters. The van der Waals surface area contributed by atoms with Crippen LogP contribution in [0.15, 0.2) is 11.0 Å². The minimum atomic E-state index is -0.0344. The van der Waals surface area contributed by atoms with Crippen LogP contribution in [0, 0.1) is 0 Å². The molecule has 0 aliphatic rings. The summed E-state index contributed by atoms with van der Waals surface area (Å²) in [4.78, 5) is 18.3. The number of aromatic amines is 1. The highest BCUT2D eigenvalue weighted by Crippen LogP contribution is 1.93. The van der Waals surface area contributed by atoms with Crippen LogP contribution in [0.5, 0.6) is 0 Å². The molecule has 13 heavy (non-hydrogen) atoms. The molecule has 2 N–H and O–H groups in total. The Hall–Kier alpha value is -1.16. The maximum absolute atomic E-state index is 11.4. The van der Waals surface area contributed by atoms with Crippen LogP contribution in [0.1, 0.15) is 24.7 Å². The van der Waals surface area contributed by atoms with Crippen molar-refractivity contribution in [2.24, 2.45) is 0 Å². The van der Waals surface area contributed by atoms with Gasteiger partial charge in [-0.2, -0.15) is 0 Å². The van der Waals surface area contributed by atoms with Crippen molar-refractivity contribution in [1.29, 1.82) is 0 Å². The van der Waals surface area contributed by atoms with Gasteiger partial charge in [0.15, 0.2) is 0 Å². The maximum Gasteiger partial charge on any atom is 0.255 e. The van der Waals surface area contributed by atoms with Gasteiger partial charge in [0.1, 0.15) is 5.82 Å². The van der Waals surface area contributed by atoms with E-state index >= 15 is 0 Å². The molecule has 0 saturated carbocycles. The molecule has 4 heteroatoms. The summed E-state index contributed by atoms with van der Waals surface area (Å²) < 4.78 is 0. The molecule has 0 fully saturated rings. The molecule has 0 saturated heterocycles. The predicted molar refractivity (Wildman–Crippen MR) is 51.6 cm³/mol. The monoisotopic (exact) mass is 181 g/mol. The van der Waals surface area contributed by atoms with E-state index in [0.717, 1.165) is 18.7 Å². The van der Waals surface area contributed by atoms with E-state index in [1.165, 1.54) is 0 Å². The van der Waals surface area contributed by atoms with Gasteiger partial charge < -0.3 is 10.3 Å². The highest BCUT2D eigenvalue weighted by Gasteiger charge is 2.00. The van der Waals surface area contributed by atoms with Gasteiger partial charge in [0.25, 0.3) is 5.56 Å². The summed E-state index contributed by atoms with van der Waals surface area (Å²) in [5.41, 5.74) is 0.648. The summed E-state index contributed by atoms with van der Waals surface area (Å²) in [5.74, 6) is 0.771. The fraction of sp³-hybridized carbons (Fsp3) is 0.556. The molecule has 1 rings (SSSR count). The molecule has 0 aliphatic carbocycles. The first-order chi connectivity index (χ1) is 6.27. The second kappa shape index (κ2) is 4.77. The number of rotatable bonds is 4. The normalized spacial score (nSPS) is 10.3. The van der Waals surface area contributed by atoms with Crippen molar-refractivity contribution in [3.05, 3.63) is 27.9 Å². The molecule has 0 spiro atoms. The van der Waals surface area contributed by atoms with Gasteiger partial charge in [-0.1, -0.05) is 6.92 Å². The zero-order chi connectivity index (χ0) is 9.68. The molecule has 0 amide bonds. The van der Waals surface area contributed by atoms with E-state index in [0.29, 0.717) is 12.1 Å². The number of nitrogens with one attached hydrogen (secondary N) is 2. The van der Waals surface area contributed by atoms with E-state index in [9.17, 15) is 4.79 Å². The third-order valence-electron chi connectivity index (χ3n) is 1.78.